The molecule has 0 saturated heterocycles. The molecule has 0 aliphatic rings. The van der Waals surface area contributed by atoms with Gasteiger partial charge in [0, 0.05) is 16.2 Å². The molecule has 0 aliphatic carbocycles. The molecule has 0 radical (unpaired) electrons. The summed E-state index contributed by atoms with van der Waals surface area (Å²) in [6.07, 6.45) is 0. The number of furan rings is 1. The minimum atomic E-state index is -3.88. The summed E-state index contributed by atoms with van der Waals surface area (Å²) in [7, 11) is -3.88. The molecule has 0 amide bonds. The van der Waals surface area contributed by atoms with E-state index in [9.17, 15) is 13.2 Å². The van der Waals surface area contributed by atoms with Crippen molar-refractivity contribution in [3.63, 3.8) is 0 Å². The third-order valence-corrected chi connectivity index (χ3v) is 7.14. The van der Waals surface area contributed by atoms with E-state index in [4.69, 9.17) is 9.15 Å². The Balaban J connectivity index is 1.96. The number of benzene rings is 3. The van der Waals surface area contributed by atoms with Gasteiger partial charge in [-0.3, -0.25) is 4.72 Å². The first-order valence-corrected chi connectivity index (χ1v) is 11.8. The molecule has 0 spiro atoms. The number of esters is 1. The van der Waals surface area contributed by atoms with Crippen LogP contribution in [0.15, 0.2) is 51.8 Å². The molecule has 0 unspecified atom stereocenters. The Morgan fingerprint density at radius 3 is 2.22 bits per heavy atom. The standard InChI is InChI=1S/C25H25NO5S/c1-6-30-25(27)22-17(5)31-23-19-10-8-7-9-18(19)21(13-20(22)23)26-32(28,29)24-15(3)11-14(2)12-16(24)4/h7-13,26H,6H2,1-5H3. The zero-order valence-electron chi connectivity index (χ0n) is 18.7. The van der Waals surface area contributed by atoms with E-state index < -0.39 is 16.0 Å². The average Bonchev–Trinajstić information content (AvgIpc) is 3.03. The number of carbonyl (C=O) groups excluding carboxylic acids is 1. The largest absolute Gasteiger partial charge is 0.462 e. The van der Waals surface area contributed by atoms with Gasteiger partial charge in [0.15, 0.2) is 0 Å². The Morgan fingerprint density at radius 2 is 1.59 bits per heavy atom. The summed E-state index contributed by atoms with van der Waals surface area (Å²) in [5, 5.41) is 1.89. The van der Waals surface area contributed by atoms with Crippen LogP contribution in [0.3, 0.4) is 0 Å². The van der Waals surface area contributed by atoms with Crippen molar-refractivity contribution >= 4 is 43.4 Å². The van der Waals surface area contributed by atoms with Crippen LogP contribution >= 0.6 is 0 Å². The summed E-state index contributed by atoms with van der Waals surface area (Å²) < 4.78 is 40.8. The molecule has 0 fully saturated rings. The topological polar surface area (TPSA) is 85.6 Å². The molecule has 0 bridgehead atoms. The van der Waals surface area contributed by atoms with Crippen LogP contribution in [0, 0.1) is 27.7 Å². The van der Waals surface area contributed by atoms with E-state index in [-0.39, 0.29) is 11.5 Å². The van der Waals surface area contributed by atoms with Gasteiger partial charge in [-0.05, 0) is 51.8 Å². The zero-order valence-corrected chi connectivity index (χ0v) is 19.5. The lowest BCUT2D eigenvalue weighted by Gasteiger charge is -2.15. The van der Waals surface area contributed by atoms with Gasteiger partial charge in [0.1, 0.15) is 16.9 Å². The first-order chi connectivity index (χ1) is 15.1. The quantitative estimate of drug-likeness (QED) is 0.388. The predicted molar refractivity (Wildman–Crippen MR) is 126 cm³/mol. The fraction of sp³-hybridized carbons (Fsp3) is 0.240. The highest BCUT2D eigenvalue weighted by atomic mass is 32.2. The number of ether oxygens (including phenoxy) is 1. The molecule has 32 heavy (non-hydrogen) atoms. The van der Waals surface area contributed by atoms with Gasteiger partial charge in [0.05, 0.1) is 17.2 Å². The molecule has 4 aromatic rings. The van der Waals surface area contributed by atoms with Gasteiger partial charge in [-0.1, -0.05) is 42.0 Å². The van der Waals surface area contributed by atoms with E-state index >= 15 is 0 Å². The van der Waals surface area contributed by atoms with E-state index in [0.29, 0.717) is 49.9 Å². The van der Waals surface area contributed by atoms with Crippen molar-refractivity contribution < 1.29 is 22.4 Å². The first-order valence-electron chi connectivity index (χ1n) is 10.4. The normalized spacial score (nSPS) is 11.8. The summed E-state index contributed by atoms with van der Waals surface area (Å²) in [6.45, 7) is 9.16. The molecule has 1 aromatic heterocycles. The Bertz CT molecular complexity index is 1460. The number of rotatable bonds is 5. The van der Waals surface area contributed by atoms with Crippen LogP contribution in [0.1, 0.15) is 39.7 Å². The number of fused-ring (bicyclic) bond motifs is 3. The zero-order chi connectivity index (χ0) is 23.2. The highest BCUT2D eigenvalue weighted by Crippen LogP contribution is 2.38. The number of anilines is 1. The molecular formula is C25H25NO5S. The van der Waals surface area contributed by atoms with Gasteiger partial charge in [0.25, 0.3) is 10.0 Å². The Kier molecular flexibility index (Phi) is 5.46. The number of nitrogens with one attached hydrogen (secondary N) is 1. The van der Waals surface area contributed by atoms with Gasteiger partial charge in [-0.15, -0.1) is 0 Å². The molecule has 4 rings (SSSR count). The molecular weight excluding hydrogens is 426 g/mol. The number of aryl methyl sites for hydroxylation is 4. The summed E-state index contributed by atoms with van der Waals surface area (Å²) in [6, 6.07) is 12.7. The molecule has 7 heteroatoms. The van der Waals surface area contributed by atoms with Crippen molar-refractivity contribution in [2.24, 2.45) is 0 Å². The second-order valence-electron chi connectivity index (χ2n) is 7.93. The number of hydrogen-bond donors (Lipinski definition) is 1. The van der Waals surface area contributed by atoms with Crippen LogP contribution in [-0.2, 0) is 14.8 Å². The smallest absolute Gasteiger partial charge is 0.342 e. The summed E-state index contributed by atoms with van der Waals surface area (Å²) in [5.41, 5.74) is 3.54. The second-order valence-corrected chi connectivity index (χ2v) is 9.55. The SMILES string of the molecule is CCOC(=O)c1c(C)oc2c1cc(NS(=O)(=O)c1c(C)cc(C)cc1C)c1ccccc12. The molecule has 1 heterocycles. The summed E-state index contributed by atoms with van der Waals surface area (Å²) in [5.74, 6) is -0.0769. The van der Waals surface area contributed by atoms with Gasteiger partial charge < -0.3 is 9.15 Å². The van der Waals surface area contributed by atoms with Crippen molar-refractivity contribution in [1.82, 2.24) is 0 Å². The van der Waals surface area contributed by atoms with E-state index in [0.717, 1.165) is 5.56 Å². The molecule has 6 nitrogen and oxygen atoms in total. The Morgan fingerprint density at radius 1 is 0.969 bits per heavy atom. The fourth-order valence-corrected chi connectivity index (χ4v) is 5.89. The van der Waals surface area contributed by atoms with Crippen molar-refractivity contribution in [2.45, 2.75) is 39.5 Å². The van der Waals surface area contributed by atoms with Crippen LogP contribution in [0.25, 0.3) is 21.7 Å². The van der Waals surface area contributed by atoms with Crippen molar-refractivity contribution in [2.75, 3.05) is 11.3 Å². The van der Waals surface area contributed by atoms with Crippen molar-refractivity contribution in [3.05, 3.63) is 70.5 Å². The van der Waals surface area contributed by atoms with Gasteiger partial charge in [-0.25, -0.2) is 13.2 Å². The lowest BCUT2D eigenvalue weighted by atomic mass is 10.0. The van der Waals surface area contributed by atoms with Crippen LogP contribution in [0.4, 0.5) is 5.69 Å². The van der Waals surface area contributed by atoms with Crippen LogP contribution in [-0.4, -0.2) is 21.0 Å². The summed E-state index contributed by atoms with van der Waals surface area (Å²) >= 11 is 0. The molecule has 0 atom stereocenters. The fourth-order valence-electron chi connectivity index (χ4n) is 4.37. The van der Waals surface area contributed by atoms with E-state index in [1.54, 1.807) is 33.8 Å². The number of sulfonamides is 1. The number of hydrogen-bond acceptors (Lipinski definition) is 5. The van der Waals surface area contributed by atoms with Gasteiger partial charge in [-0.2, -0.15) is 0 Å². The highest BCUT2D eigenvalue weighted by molar-refractivity contribution is 7.92. The first kappa shape index (κ1) is 21.9. The highest BCUT2D eigenvalue weighted by Gasteiger charge is 2.25. The maximum Gasteiger partial charge on any atom is 0.342 e. The lowest BCUT2D eigenvalue weighted by Crippen LogP contribution is -2.16. The Hall–Kier alpha value is -3.32. The monoisotopic (exact) mass is 451 g/mol. The predicted octanol–water partition coefficient (Wildman–Crippen LogP) is 5.80. The average molecular weight is 452 g/mol. The molecule has 1 N–H and O–H groups in total. The second kappa shape index (κ2) is 7.98. The maximum absolute atomic E-state index is 13.4. The minimum absolute atomic E-state index is 0.226. The van der Waals surface area contributed by atoms with Crippen LogP contribution in [0.5, 0.6) is 0 Å². The molecule has 0 aliphatic heterocycles. The van der Waals surface area contributed by atoms with Crippen molar-refractivity contribution in [3.8, 4) is 0 Å². The molecule has 166 valence electrons. The third kappa shape index (κ3) is 3.62. The molecule has 0 saturated carbocycles. The van der Waals surface area contributed by atoms with E-state index in [1.165, 1.54) is 0 Å². The van der Waals surface area contributed by atoms with Gasteiger partial charge >= 0.3 is 5.97 Å². The maximum atomic E-state index is 13.4. The van der Waals surface area contributed by atoms with E-state index in [1.807, 2.05) is 43.3 Å². The van der Waals surface area contributed by atoms with E-state index in [2.05, 4.69) is 4.72 Å². The lowest BCUT2D eigenvalue weighted by molar-refractivity contribution is 0.0526. The summed E-state index contributed by atoms with van der Waals surface area (Å²) in [4.78, 5) is 12.8. The molecule has 3 aromatic carbocycles. The van der Waals surface area contributed by atoms with Crippen LogP contribution in [0.2, 0.25) is 0 Å². The van der Waals surface area contributed by atoms with Crippen LogP contribution < -0.4 is 4.72 Å². The third-order valence-electron chi connectivity index (χ3n) is 5.47. The number of carbonyl (C=O) groups is 1. The van der Waals surface area contributed by atoms with Crippen molar-refractivity contribution in [1.29, 1.82) is 0 Å². The Labute approximate surface area is 187 Å². The minimum Gasteiger partial charge on any atom is -0.462 e. The van der Waals surface area contributed by atoms with Gasteiger partial charge in [0.2, 0.25) is 0 Å².